The molecule has 0 N–H and O–H groups in total. The van der Waals surface area contributed by atoms with Crippen molar-refractivity contribution < 1.29 is 4.74 Å². The summed E-state index contributed by atoms with van der Waals surface area (Å²) in [7, 11) is 0. The SMILES string of the molecule is CC1CN(c2nc3sccn3c2CBr)CCCO1. The summed E-state index contributed by atoms with van der Waals surface area (Å²) in [5, 5.41) is 2.90. The van der Waals surface area contributed by atoms with Crippen molar-refractivity contribution in [1.29, 1.82) is 0 Å². The standard InChI is InChI=1S/C12H16BrN3OS/c1-9-8-15(3-2-5-17-9)11-10(7-13)16-4-6-18-12(16)14-11/h4,6,9H,2-3,5,7-8H2,1H3. The first kappa shape index (κ1) is 12.4. The summed E-state index contributed by atoms with van der Waals surface area (Å²) in [6, 6.07) is 0. The third-order valence-electron chi connectivity index (χ3n) is 3.22. The van der Waals surface area contributed by atoms with Gasteiger partial charge in [-0.25, -0.2) is 4.98 Å². The van der Waals surface area contributed by atoms with E-state index in [9.17, 15) is 0 Å². The van der Waals surface area contributed by atoms with Crippen molar-refractivity contribution in [2.75, 3.05) is 24.6 Å². The second kappa shape index (κ2) is 5.19. The fraction of sp³-hybridized carbons (Fsp3) is 0.583. The Bertz CT molecular complexity index is 538. The van der Waals surface area contributed by atoms with Gasteiger partial charge in [-0.05, 0) is 13.3 Å². The van der Waals surface area contributed by atoms with Crippen molar-refractivity contribution >= 4 is 38.0 Å². The summed E-state index contributed by atoms with van der Waals surface area (Å²) in [5.41, 5.74) is 1.24. The second-order valence-electron chi connectivity index (χ2n) is 4.55. The molecule has 1 aliphatic heterocycles. The number of rotatable bonds is 2. The Morgan fingerprint density at radius 1 is 1.61 bits per heavy atom. The number of hydrogen-bond donors (Lipinski definition) is 0. The molecule has 1 atom stereocenters. The molecular weight excluding hydrogens is 314 g/mol. The summed E-state index contributed by atoms with van der Waals surface area (Å²) in [5.74, 6) is 1.11. The van der Waals surface area contributed by atoms with E-state index in [-0.39, 0.29) is 6.10 Å². The zero-order chi connectivity index (χ0) is 12.5. The van der Waals surface area contributed by atoms with Gasteiger partial charge >= 0.3 is 0 Å². The molecule has 0 bridgehead atoms. The molecule has 6 heteroatoms. The van der Waals surface area contributed by atoms with Crippen LogP contribution >= 0.6 is 27.3 Å². The first-order valence-electron chi connectivity index (χ1n) is 6.16. The zero-order valence-corrected chi connectivity index (χ0v) is 12.7. The summed E-state index contributed by atoms with van der Waals surface area (Å²) in [6.07, 6.45) is 3.43. The van der Waals surface area contributed by atoms with E-state index in [4.69, 9.17) is 9.72 Å². The molecule has 3 heterocycles. The van der Waals surface area contributed by atoms with Gasteiger partial charge in [-0.2, -0.15) is 0 Å². The molecule has 1 saturated heterocycles. The molecule has 0 saturated carbocycles. The third kappa shape index (κ3) is 2.17. The van der Waals surface area contributed by atoms with Crippen molar-refractivity contribution in [3.63, 3.8) is 0 Å². The Morgan fingerprint density at radius 3 is 3.33 bits per heavy atom. The highest BCUT2D eigenvalue weighted by molar-refractivity contribution is 9.08. The number of ether oxygens (including phenoxy) is 1. The van der Waals surface area contributed by atoms with Crippen LogP contribution in [0.1, 0.15) is 19.0 Å². The van der Waals surface area contributed by atoms with Crippen LogP contribution in [0.2, 0.25) is 0 Å². The first-order chi connectivity index (χ1) is 8.79. The monoisotopic (exact) mass is 329 g/mol. The van der Waals surface area contributed by atoms with E-state index in [1.54, 1.807) is 11.3 Å². The van der Waals surface area contributed by atoms with Gasteiger partial charge < -0.3 is 9.64 Å². The quantitative estimate of drug-likeness (QED) is 0.793. The van der Waals surface area contributed by atoms with E-state index >= 15 is 0 Å². The van der Waals surface area contributed by atoms with Crippen LogP contribution in [0.4, 0.5) is 5.82 Å². The van der Waals surface area contributed by atoms with Gasteiger partial charge in [0.2, 0.25) is 0 Å². The maximum absolute atomic E-state index is 5.70. The van der Waals surface area contributed by atoms with Crippen molar-refractivity contribution in [3.8, 4) is 0 Å². The molecule has 0 aliphatic carbocycles. The number of alkyl halides is 1. The van der Waals surface area contributed by atoms with Gasteiger partial charge in [-0.15, -0.1) is 11.3 Å². The molecule has 3 rings (SSSR count). The van der Waals surface area contributed by atoms with E-state index < -0.39 is 0 Å². The molecule has 4 nitrogen and oxygen atoms in total. The lowest BCUT2D eigenvalue weighted by atomic mass is 10.3. The van der Waals surface area contributed by atoms with Gasteiger partial charge in [-0.1, -0.05) is 15.9 Å². The molecule has 0 amide bonds. The minimum Gasteiger partial charge on any atom is -0.377 e. The molecule has 0 aromatic carbocycles. The zero-order valence-electron chi connectivity index (χ0n) is 10.3. The topological polar surface area (TPSA) is 29.8 Å². The molecule has 1 fully saturated rings. The average molecular weight is 330 g/mol. The summed E-state index contributed by atoms with van der Waals surface area (Å²) >= 11 is 5.26. The second-order valence-corrected chi connectivity index (χ2v) is 5.99. The number of fused-ring (bicyclic) bond motifs is 1. The number of hydrogen-bond acceptors (Lipinski definition) is 4. The molecule has 2 aromatic heterocycles. The van der Waals surface area contributed by atoms with E-state index in [0.717, 1.165) is 42.2 Å². The summed E-state index contributed by atoms with van der Waals surface area (Å²) in [4.78, 5) is 8.19. The van der Waals surface area contributed by atoms with Crippen molar-refractivity contribution in [2.45, 2.75) is 24.8 Å². The largest absolute Gasteiger partial charge is 0.377 e. The lowest BCUT2D eigenvalue weighted by Gasteiger charge is -2.22. The predicted octanol–water partition coefficient (Wildman–Crippen LogP) is 2.91. The van der Waals surface area contributed by atoms with Crippen LogP contribution in [-0.2, 0) is 10.1 Å². The molecule has 98 valence electrons. The Labute approximate surface area is 119 Å². The average Bonchev–Trinajstić information content (AvgIpc) is 2.86. The molecular formula is C12H16BrN3OS. The van der Waals surface area contributed by atoms with Gasteiger partial charge in [0, 0.05) is 36.6 Å². The Balaban J connectivity index is 1.98. The molecule has 18 heavy (non-hydrogen) atoms. The predicted molar refractivity (Wildman–Crippen MR) is 77.9 cm³/mol. The molecule has 0 spiro atoms. The number of halogens is 1. The normalized spacial score (nSPS) is 21.4. The fourth-order valence-corrected chi connectivity index (χ4v) is 3.63. The van der Waals surface area contributed by atoms with Gasteiger partial charge in [0.25, 0.3) is 0 Å². The highest BCUT2D eigenvalue weighted by Crippen LogP contribution is 2.27. The highest BCUT2D eigenvalue weighted by Gasteiger charge is 2.21. The molecule has 1 aliphatic rings. The van der Waals surface area contributed by atoms with Crippen LogP contribution in [0, 0.1) is 0 Å². The third-order valence-corrected chi connectivity index (χ3v) is 4.51. The Morgan fingerprint density at radius 2 is 2.50 bits per heavy atom. The minimum absolute atomic E-state index is 0.274. The maximum Gasteiger partial charge on any atom is 0.195 e. The van der Waals surface area contributed by atoms with Crippen LogP contribution in [0.15, 0.2) is 11.6 Å². The van der Waals surface area contributed by atoms with E-state index in [1.165, 1.54) is 5.69 Å². The van der Waals surface area contributed by atoms with E-state index in [0.29, 0.717) is 0 Å². The van der Waals surface area contributed by atoms with Crippen LogP contribution in [0.25, 0.3) is 4.96 Å². The lowest BCUT2D eigenvalue weighted by molar-refractivity contribution is 0.0820. The van der Waals surface area contributed by atoms with Crippen molar-refractivity contribution in [2.24, 2.45) is 0 Å². The molecule has 1 unspecified atom stereocenters. The van der Waals surface area contributed by atoms with Gasteiger partial charge in [0.15, 0.2) is 10.8 Å². The number of nitrogens with zero attached hydrogens (tertiary/aromatic N) is 3. The summed E-state index contributed by atoms with van der Waals surface area (Å²) < 4.78 is 7.87. The number of aromatic nitrogens is 2. The van der Waals surface area contributed by atoms with Crippen LogP contribution < -0.4 is 4.90 Å². The van der Waals surface area contributed by atoms with E-state index in [2.05, 4.69) is 43.7 Å². The number of anilines is 1. The first-order valence-corrected chi connectivity index (χ1v) is 8.16. The van der Waals surface area contributed by atoms with Crippen molar-refractivity contribution in [3.05, 3.63) is 17.3 Å². The van der Waals surface area contributed by atoms with Crippen LogP contribution in [0.3, 0.4) is 0 Å². The Hall–Kier alpha value is -0.590. The van der Waals surface area contributed by atoms with Gasteiger partial charge in [0.05, 0.1) is 11.8 Å². The number of thiazole rings is 1. The number of imidazole rings is 1. The Kier molecular flexibility index (Phi) is 3.59. The molecule has 0 radical (unpaired) electrons. The van der Waals surface area contributed by atoms with Crippen LogP contribution in [-0.4, -0.2) is 35.2 Å². The van der Waals surface area contributed by atoms with Gasteiger partial charge in [0.1, 0.15) is 0 Å². The van der Waals surface area contributed by atoms with Crippen molar-refractivity contribution in [1.82, 2.24) is 9.38 Å². The molecule has 2 aromatic rings. The van der Waals surface area contributed by atoms with E-state index in [1.807, 2.05) is 0 Å². The summed E-state index contributed by atoms with van der Waals surface area (Å²) in [6.45, 7) is 4.92. The van der Waals surface area contributed by atoms with Gasteiger partial charge in [-0.3, -0.25) is 4.40 Å². The lowest BCUT2D eigenvalue weighted by Crippen LogP contribution is -2.31. The maximum atomic E-state index is 5.70. The van der Waals surface area contributed by atoms with Crippen LogP contribution in [0.5, 0.6) is 0 Å². The fourth-order valence-electron chi connectivity index (χ4n) is 2.39. The minimum atomic E-state index is 0.274. The highest BCUT2D eigenvalue weighted by atomic mass is 79.9. The smallest absolute Gasteiger partial charge is 0.195 e.